The van der Waals surface area contributed by atoms with Crippen molar-refractivity contribution >= 4 is 23.7 Å². The monoisotopic (exact) mass is 419 g/mol. The molecule has 0 spiro atoms. The van der Waals surface area contributed by atoms with Crippen molar-refractivity contribution < 1.29 is 24.2 Å². The minimum atomic E-state index is -0.983. The van der Waals surface area contributed by atoms with Crippen LogP contribution in [0.4, 0.5) is 4.79 Å². The lowest BCUT2D eigenvalue weighted by Gasteiger charge is -2.27. The van der Waals surface area contributed by atoms with E-state index in [4.69, 9.17) is 21.1 Å². The Bertz CT molecular complexity index is 802. The molecule has 0 radical (unpaired) electrons. The summed E-state index contributed by atoms with van der Waals surface area (Å²) >= 11 is 5.81. The number of carbonyl (C=O) groups excluding carboxylic acids is 2. The SMILES string of the molecule is CC(C)(C)OC(=O)NC(c1ccccc1)C(O)CCOC(=O)c1ccc(Cl)cc1. The van der Waals surface area contributed by atoms with Crippen molar-refractivity contribution in [3.8, 4) is 0 Å². The van der Waals surface area contributed by atoms with E-state index in [0.717, 1.165) is 5.56 Å². The molecule has 0 aromatic heterocycles. The summed E-state index contributed by atoms with van der Waals surface area (Å²) in [5.41, 5.74) is 0.426. The molecular weight excluding hydrogens is 394 g/mol. The molecular formula is C22H26ClNO5. The standard InChI is InChI=1S/C22H26ClNO5/c1-22(2,3)29-21(27)24-19(15-7-5-4-6-8-15)18(25)13-14-28-20(26)16-9-11-17(23)12-10-16/h4-12,18-19,25H,13-14H2,1-3H3,(H,24,27). The first-order valence-corrected chi connectivity index (χ1v) is 9.69. The van der Waals surface area contributed by atoms with Crippen molar-refractivity contribution in [2.24, 2.45) is 0 Å². The van der Waals surface area contributed by atoms with Crippen LogP contribution in [0.3, 0.4) is 0 Å². The van der Waals surface area contributed by atoms with Crippen LogP contribution < -0.4 is 5.32 Å². The lowest BCUT2D eigenvalue weighted by atomic mass is 9.99. The van der Waals surface area contributed by atoms with Crippen molar-refractivity contribution in [3.63, 3.8) is 0 Å². The van der Waals surface area contributed by atoms with Crippen LogP contribution in [0.1, 0.15) is 49.2 Å². The molecule has 2 aromatic rings. The van der Waals surface area contributed by atoms with Crippen molar-refractivity contribution in [2.75, 3.05) is 6.61 Å². The molecule has 2 N–H and O–H groups in total. The number of halogens is 1. The van der Waals surface area contributed by atoms with Crippen LogP contribution in [0.2, 0.25) is 5.02 Å². The summed E-state index contributed by atoms with van der Waals surface area (Å²) in [6, 6.07) is 14.7. The van der Waals surface area contributed by atoms with Gasteiger partial charge in [0.15, 0.2) is 0 Å². The highest BCUT2D eigenvalue weighted by Crippen LogP contribution is 2.20. The summed E-state index contributed by atoms with van der Waals surface area (Å²) < 4.78 is 10.5. The van der Waals surface area contributed by atoms with Crippen LogP contribution in [0.15, 0.2) is 54.6 Å². The molecule has 2 atom stereocenters. The molecule has 2 unspecified atom stereocenters. The second kappa shape index (κ2) is 10.3. The third kappa shape index (κ3) is 7.75. The van der Waals surface area contributed by atoms with Crippen molar-refractivity contribution in [3.05, 3.63) is 70.7 Å². The van der Waals surface area contributed by atoms with Gasteiger partial charge in [-0.25, -0.2) is 9.59 Å². The van der Waals surface area contributed by atoms with E-state index in [0.29, 0.717) is 10.6 Å². The van der Waals surface area contributed by atoms with E-state index < -0.39 is 29.8 Å². The minimum Gasteiger partial charge on any atom is -0.462 e. The number of alkyl carbamates (subject to hydrolysis) is 1. The number of benzene rings is 2. The maximum atomic E-state index is 12.2. The van der Waals surface area contributed by atoms with E-state index in [1.54, 1.807) is 57.2 Å². The average Bonchev–Trinajstić information content (AvgIpc) is 2.65. The van der Waals surface area contributed by atoms with Crippen molar-refractivity contribution in [1.82, 2.24) is 5.32 Å². The average molecular weight is 420 g/mol. The lowest BCUT2D eigenvalue weighted by molar-refractivity contribution is 0.0296. The quantitative estimate of drug-likeness (QED) is 0.645. The number of esters is 1. The van der Waals surface area contributed by atoms with Crippen molar-refractivity contribution in [2.45, 2.75) is 44.9 Å². The fraction of sp³-hybridized carbons (Fsp3) is 0.364. The van der Waals surface area contributed by atoms with Crippen LogP contribution >= 0.6 is 11.6 Å². The summed E-state index contributed by atoms with van der Waals surface area (Å²) in [6.07, 6.45) is -1.49. The molecule has 0 aliphatic rings. The molecule has 29 heavy (non-hydrogen) atoms. The number of carbonyl (C=O) groups is 2. The van der Waals surface area contributed by atoms with E-state index in [9.17, 15) is 14.7 Å². The number of nitrogens with one attached hydrogen (secondary N) is 1. The second-order valence-corrected chi connectivity index (χ2v) is 7.97. The van der Waals surface area contributed by atoms with E-state index in [2.05, 4.69) is 5.32 Å². The third-order valence-electron chi connectivity index (χ3n) is 3.94. The number of aliphatic hydroxyl groups is 1. The molecule has 0 aliphatic carbocycles. The van der Waals surface area contributed by atoms with E-state index in [1.807, 2.05) is 18.2 Å². The molecule has 7 heteroatoms. The maximum absolute atomic E-state index is 12.2. The smallest absolute Gasteiger partial charge is 0.408 e. The molecule has 0 heterocycles. The molecule has 0 saturated heterocycles. The van der Waals surface area contributed by atoms with Gasteiger partial charge < -0.3 is 19.9 Å². The zero-order chi connectivity index (χ0) is 21.4. The number of hydrogen-bond acceptors (Lipinski definition) is 5. The number of ether oxygens (including phenoxy) is 2. The first kappa shape index (κ1) is 22.7. The third-order valence-corrected chi connectivity index (χ3v) is 4.19. The molecule has 0 bridgehead atoms. The number of aliphatic hydroxyl groups excluding tert-OH is 1. The van der Waals surface area contributed by atoms with E-state index in [-0.39, 0.29) is 13.0 Å². The number of hydrogen-bond donors (Lipinski definition) is 2. The lowest BCUT2D eigenvalue weighted by Crippen LogP contribution is -2.40. The van der Waals surface area contributed by atoms with Crippen LogP contribution in [0, 0.1) is 0 Å². The van der Waals surface area contributed by atoms with Gasteiger partial charge in [0, 0.05) is 11.4 Å². The predicted octanol–water partition coefficient (Wildman–Crippen LogP) is 4.51. The summed E-state index contributed by atoms with van der Waals surface area (Å²) in [5, 5.41) is 13.9. The summed E-state index contributed by atoms with van der Waals surface area (Å²) in [6.45, 7) is 5.27. The van der Waals surface area contributed by atoms with Gasteiger partial charge in [0.2, 0.25) is 0 Å². The Balaban J connectivity index is 1.98. The predicted molar refractivity (Wildman–Crippen MR) is 111 cm³/mol. The van der Waals surface area contributed by atoms with Gasteiger partial charge in [0.1, 0.15) is 5.60 Å². The minimum absolute atomic E-state index is 0.0119. The number of rotatable bonds is 7. The van der Waals surface area contributed by atoms with Gasteiger partial charge in [-0.15, -0.1) is 0 Å². The second-order valence-electron chi connectivity index (χ2n) is 7.53. The van der Waals surface area contributed by atoms with Crippen LogP contribution in [-0.2, 0) is 9.47 Å². The van der Waals surface area contributed by atoms with Crippen molar-refractivity contribution in [1.29, 1.82) is 0 Å². The Morgan fingerprint density at radius 1 is 1.07 bits per heavy atom. The van der Waals surface area contributed by atoms with Crippen LogP contribution in [0.25, 0.3) is 0 Å². The normalized spacial score (nSPS) is 13.3. The topological polar surface area (TPSA) is 84.9 Å². The zero-order valence-electron chi connectivity index (χ0n) is 16.7. The Morgan fingerprint density at radius 2 is 1.69 bits per heavy atom. The zero-order valence-corrected chi connectivity index (χ0v) is 17.5. The highest BCUT2D eigenvalue weighted by atomic mass is 35.5. The molecule has 2 aromatic carbocycles. The Morgan fingerprint density at radius 3 is 2.28 bits per heavy atom. The number of amides is 1. The fourth-order valence-electron chi connectivity index (χ4n) is 2.60. The Hall–Kier alpha value is -2.57. The van der Waals surface area contributed by atoms with Gasteiger partial charge in [0.05, 0.1) is 24.3 Å². The van der Waals surface area contributed by atoms with E-state index >= 15 is 0 Å². The van der Waals surface area contributed by atoms with Gasteiger partial charge >= 0.3 is 12.1 Å². The molecule has 0 fully saturated rings. The summed E-state index contributed by atoms with van der Waals surface area (Å²) in [5.74, 6) is -0.509. The van der Waals surface area contributed by atoms with E-state index in [1.165, 1.54) is 0 Å². The highest BCUT2D eigenvalue weighted by molar-refractivity contribution is 6.30. The molecule has 156 valence electrons. The molecule has 0 saturated carbocycles. The van der Waals surface area contributed by atoms with Gasteiger partial charge in [-0.2, -0.15) is 0 Å². The van der Waals surface area contributed by atoms with Gasteiger partial charge in [-0.05, 0) is 50.6 Å². The van der Waals surface area contributed by atoms with Gasteiger partial charge in [0.25, 0.3) is 0 Å². The summed E-state index contributed by atoms with van der Waals surface area (Å²) in [7, 11) is 0. The highest BCUT2D eigenvalue weighted by Gasteiger charge is 2.26. The van der Waals surface area contributed by atoms with Gasteiger partial charge in [-0.1, -0.05) is 41.9 Å². The molecule has 6 nitrogen and oxygen atoms in total. The Labute approximate surface area is 175 Å². The first-order valence-electron chi connectivity index (χ1n) is 9.31. The molecule has 2 rings (SSSR count). The van der Waals surface area contributed by atoms with Gasteiger partial charge in [-0.3, -0.25) is 0 Å². The molecule has 0 aliphatic heterocycles. The summed E-state index contributed by atoms with van der Waals surface area (Å²) in [4.78, 5) is 24.3. The first-order chi connectivity index (χ1) is 13.7. The largest absolute Gasteiger partial charge is 0.462 e. The maximum Gasteiger partial charge on any atom is 0.408 e. The Kier molecular flexibility index (Phi) is 8.05. The fourth-order valence-corrected chi connectivity index (χ4v) is 2.73. The van der Waals surface area contributed by atoms with Crippen LogP contribution in [-0.4, -0.2) is 35.5 Å². The molecule has 1 amide bonds. The van der Waals surface area contributed by atoms with Crippen LogP contribution in [0.5, 0.6) is 0 Å².